The molecule has 0 radical (unpaired) electrons. The maximum absolute atomic E-state index is 9.18. The summed E-state index contributed by atoms with van der Waals surface area (Å²) in [5.74, 6) is 1.26. The molecule has 2 rings (SSSR count). The molecule has 3 N–H and O–H groups in total. The van der Waals surface area contributed by atoms with Crippen LogP contribution in [0.25, 0.3) is 0 Å². The van der Waals surface area contributed by atoms with Crippen molar-refractivity contribution in [1.29, 1.82) is 5.26 Å². The van der Waals surface area contributed by atoms with Gasteiger partial charge in [0.2, 0.25) is 0 Å². The molecule has 1 fully saturated rings. The third-order valence-corrected chi connectivity index (χ3v) is 3.90. The Labute approximate surface area is 114 Å². The summed E-state index contributed by atoms with van der Waals surface area (Å²) in [5.41, 5.74) is 7.35. The molecule has 0 saturated heterocycles. The van der Waals surface area contributed by atoms with Crippen LogP contribution in [0.4, 0.5) is 5.69 Å². The number of hydrogen-bond donors (Lipinski definition) is 2. The first-order chi connectivity index (χ1) is 9.28. The van der Waals surface area contributed by atoms with Crippen LogP contribution in [0.15, 0.2) is 18.2 Å². The van der Waals surface area contributed by atoms with Crippen molar-refractivity contribution in [2.75, 3.05) is 19.0 Å². The lowest BCUT2D eigenvalue weighted by Gasteiger charge is -2.32. The van der Waals surface area contributed by atoms with Crippen LogP contribution in [-0.4, -0.2) is 19.7 Å². The monoisotopic (exact) mass is 259 g/mol. The van der Waals surface area contributed by atoms with E-state index in [0.717, 1.165) is 17.9 Å². The summed E-state index contributed by atoms with van der Waals surface area (Å²) in [7, 11) is 1.63. The zero-order valence-corrected chi connectivity index (χ0v) is 11.4. The van der Waals surface area contributed by atoms with Crippen molar-refractivity contribution in [2.45, 2.75) is 31.7 Å². The second-order valence-electron chi connectivity index (χ2n) is 5.05. The summed E-state index contributed by atoms with van der Waals surface area (Å²) in [6.45, 7) is 0.698. The minimum Gasteiger partial charge on any atom is -0.497 e. The van der Waals surface area contributed by atoms with Crippen molar-refractivity contribution in [3.8, 4) is 11.8 Å². The van der Waals surface area contributed by atoms with E-state index >= 15 is 0 Å². The molecule has 102 valence electrons. The number of hydrogen-bond acceptors (Lipinski definition) is 4. The van der Waals surface area contributed by atoms with Crippen LogP contribution in [0.5, 0.6) is 5.75 Å². The fourth-order valence-electron chi connectivity index (χ4n) is 2.75. The zero-order valence-electron chi connectivity index (χ0n) is 11.4. The van der Waals surface area contributed by atoms with Crippen LogP contribution < -0.4 is 15.8 Å². The smallest absolute Gasteiger partial charge is 0.121 e. The SMILES string of the molecule is COc1ccc(C#N)c(NC2CCCCC2CN)c1. The molecule has 2 unspecified atom stereocenters. The Morgan fingerprint density at radius 1 is 1.42 bits per heavy atom. The number of nitriles is 1. The molecule has 0 amide bonds. The minimum absolute atomic E-state index is 0.359. The summed E-state index contributed by atoms with van der Waals surface area (Å²) in [6, 6.07) is 8.07. The van der Waals surface area contributed by atoms with Gasteiger partial charge in [-0.15, -0.1) is 0 Å². The van der Waals surface area contributed by atoms with Gasteiger partial charge in [-0.2, -0.15) is 5.26 Å². The Kier molecular flexibility index (Phi) is 4.64. The number of benzene rings is 1. The molecule has 0 heterocycles. The van der Waals surface area contributed by atoms with Gasteiger partial charge in [-0.25, -0.2) is 0 Å². The minimum atomic E-state index is 0.359. The van der Waals surface area contributed by atoms with E-state index in [2.05, 4.69) is 11.4 Å². The Hall–Kier alpha value is -1.73. The van der Waals surface area contributed by atoms with Gasteiger partial charge in [0.1, 0.15) is 11.8 Å². The lowest BCUT2D eigenvalue weighted by atomic mass is 9.84. The molecule has 4 nitrogen and oxygen atoms in total. The van der Waals surface area contributed by atoms with Gasteiger partial charge < -0.3 is 15.8 Å². The second kappa shape index (κ2) is 6.44. The van der Waals surface area contributed by atoms with Crippen LogP contribution >= 0.6 is 0 Å². The largest absolute Gasteiger partial charge is 0.497 e. The van der Waals surface area contributed by atoms with Crippen molar-refractivity contribution in [3.05, 3.63) is 23.8 Å². The summed E-state index contributed by atoms with van der Waals surface area (Å²) < 4.78 is 5.22. The van der Waals surface area contributed by atoms with Gasteiger partial charge in [-0.3, -0.25) is 0 Å². The Morgan fingerprint density at radius 2 is 2.21 bits per heavy atom. The number of nitrogens with one attached hydrogen (secondary N) is 1. The fourth-order valence-corrected chi connectivity index (χ4v) is 2.75. The van der Waals surface area contributed by atoms with E-state index in [0.29, 0.717) is 24.1 Å². The number of rotatable bonds is 4. The maximum Gasteiger partial charge on any atom is 0.121 e. The van der Waals surface area contributed by atoms with Gasteiger partial charge >= 0.3 is 0 Å². The van der Waals surface area contributed by atoms with E-state index in [1.165, 1.54) is 19.3 Å². The lowest BCUT2D eigenvalue weighted by molar-refractivity contribution is 0.332. The van der Waals surface area contributed by atoms with E-state index in [1.807, 2.05) is 12.1 Å². The molecule has 1 aliphatic rings. The molecule has 2 atom stereocenters. The highest BCUT2D eigenvalue weighted by Gasteiger charge is 2.24. The van der Waals surface area contributed by atoms with Crippen molar-refractivity contribution in [3.63, 3.8) is 0 Å². The van der Waals surface area contributed by atoms with Gasteiger partial charge in [0.15, 0.2) is 0 Å². The molecule has 1 saturated carbocycles. The van der Waals surface area contributed by atoms with Gasteiger partial charge in [0.05, 0.1) is 18.4 Å². The fraction of sp³-hybridized carbons (Fsp3) is 0.533. The number of methoxy groups -OCH3 is 1. The van der Waals surface area contributed by atoms with Gasteiger partial charge in [0.25, 0.3) is 0 Å². The quantitative estimate of drug-likeness (QED) is 0.871. The number of anilines is 1. The molecule has 0 spiro atoms. The predicted molar refractivity (Wildman–Crippen MR) is 76.1 cm³/mol. The topological polar surface area (TPSA) is 71.1 Å². The Bertz CT molecular complexity index is 467. The summed E-state index contributed by atoms with van der Waals surface area (Å²) in [4.78, 5) is 0. The molecule has 1 aromatic rings. The maximum atomic E-state index is 9.18. The normalized spacial score (nSPS) is 22.6. The third-order valence-electron chi connectivity index (χ3n) is 3.90. The average molecular weight is 259 g/mol. The van der Waals surface area contributed by atoms with Crippen LogP contribution in [0.1, 0.15) is 31.2 Å². The molecular weight excluding hydrogens is 238 g/mol. The van der Waals surface area contributed by atoms with Gasteiger partial charge in [0, 0.05) is 12.1 Å². The standard InChI is InChI=1S/C15H21N3O/c1-19-13-7-6-12(10-17)15(8-13)18-14-5-3-2-4-11(14)9-16/h6-8,11,14,18H,2-5,9,16H2,1H3. The predicted octanol–water partition coefficient (Wildman–Crippen LogP) is 2.50. The second-order valence-corrected chi connectivity index (χ2v) is 5.05. The third kappa shape index (κ3) is 3.18. The van der Waals surface area contributed by atoms with Gasteiger partial charge in [-0.05, 0) is 37.4 Å². The van der Waals surface area contributed by atoms with E-state index in [1.54, 1.807) is 13.2 Å². The molecule has 4 heteroatoms. The number of nitrogens with zero attached hydrogens (tertiary/aromatic N) is 1. The van der Waals surface area contributed by atoms with E-state index in [4.69, 9.17) is 10.5 Å². The van der Waals surface area contributed by atoms with Crippen LogP contribution in [0.2, 0.25) is 0 Å². The molecule has 1 aromatic carbocycles. The first kappa shape index (κ1) is 13.7. The summed E-state index contributed by atoms with van der Waals surface area (Å²) in [6.07, 6.45) is 4.76. The average Bonchev–Trinajstić information content (AvgIpc) is 2.47. The van der Waals surface area contributed by atoms with Crippen molar-refractivity contribution >= 4 is 5.69 Å². The zero-order chi connectivity index (χ0) is 13.7. The number of nitrogens with two attached hydrogens (primary N) is 1. The Balaban J connectivity index is 2.19. The van der Waals surface area contributed by atoms with E-state index in [9.17, 15) is 5.26 Å². The molecule has 0 aliphatic heterocycles. The molecule has 1 aliphatic carbocycles. The Morgan fingerprint density at radius 3 is 2.89 bits per heavy atom. The first-order valence-corrected chi connectivity index (χ1v) is 6.83. The molecule has 0 bridgehead atoms. The van der Waals surface area contributed by atoms with Crippen molar-refractivity contribution in [2.24, 2.45) is 11.7 Å². The highest BCUT2D eigenvalue weighted by molar-refractivity contribution is 5.61. The van der Waals surface area contributed by atoms with Crippen molar-refractivity contribution < 1.29 is 4.74 Å². The van der Waals surface area contributed by atoms with Gasteiger partial charge in [-0.1, -0.05) is 12.8 Å². The van der Waals surface area contributed by atoms with Crippen LogP contribution in [0.3, 0.4) is 0 Å². The molecule has 19 heavy (non-hydrogen) atoms. The lowest BCUT2D eigenvalue weighted by Crippen LogP contribution is -2.36. The number of ether oxygens (including phenoxy) is 1. The first-order valence-electron chi connectivity index (χ1n) is 6.83. The molecular formula is C15H21N3O. The highest BCUT2D eigenvalue weighted by atomic mass is 16.5. The van der Waals surface area contributed by atoms with E-state index < -0.39 is 0 Å². The van der Waals surface area contributed by atoms with Crippen molar-refractivity contribution in [1.82, 2.24) is 0 Å². The highest BCUT2D eigenvalue weighted by Crippen LogP contribution is 2.29. The summed E-state index contributed by atoms with van der Waals surface area (Å²) >= 11 is 0. The van der Waals surface area contributed by atoms with Crippen LogP contribution in [-0.2, 0) is 0 Å². The summed E-state index contributed by atoms with van der Waals surface area (Å²) in [5, 5.41) is 12.7. The molecule has 0 aromatic heterocycles. The van der Waals surface area contributed by atoms with Crippen LogP contribution in [0, 0.1) is 17.2 Å². The van der Waals surface area contributed by atoms with E-state index in [-0.39, 0.29) is 0 Å².